The molecule has 0 bridgehead atoms. The zero-order chi connectivity index (χ0) is 13.8. The Labute approximate surface area is 126 Å². The first-order chi connectivity index (χ1) is 9.09. The van der Waals surface area contributed by atoms with Gasteiger partial charge in [-0.2, -0.15) is 0 Å². The van der Waals surface area contributed by atoms with E-state index in [9.17, 15) is 4.79 Å². The highest BCUT2D eigenvalue weighted by molar-refractivity contribution is 14.1. The molecular weight excluding hydrogens is 351 g/mol. The highest BCUT2D eigenvalue weighted by Gasteiger charge is 2.15. The van der Waals surface area contributed by atoms with Gasteiger partial charge in [0.25, 0.3) is 5.91 Å². The summed E-state index contributed by atoms with van der Waals surface area (Å²) in [5.41, 5.74) is 2.91. The summed E-state index contributed by atoms with van der Waals surface area (Å²) in [6.07, 6.45) is 3.51. The quantitative estimate of drug-likeness (QED) is 0.782. The van der Waals surface area contributed by atoms with Gasteiger partial charge in [0, 0.05) is 29.6 Å². The number of hydrogen-bond donors (Lipinski definition) is 0. The predicted octanol–water partition coefficient (Wildman–Crippen LogP) is 3.27. The summed E-state index contributed by atoms with van der Waals surface area (Å²) in [7, 11) is 1.81. The number of benzene rings is 1. The van der Waals surface area contributed by atoms with Gasteiger partial charge in [-0.1, -0.05) is 18.2 Å². The molecule has 0 unspecified atom stereocenters. The van der Waals surface area contributed by atoms with Crippen molar-refractivity contribution in [3.63, 3.8) is 0 Å². The molecule has 2 aromatic rings. The van der Waals surface area contributed by atoms with Gasteiger partial charge in [0.15, 0.2) is 0 Å². The van der Waals surface area contributed by atoms with Crippen LogP contribution in [0.2, 0.25) is 0 Å². The zero-order valence-electron chi connectivity index (χ0n) is 10.9. The van der Waals surface area contributed by atoms with Crippen LogP contribution in [0.4, 0.5) is 0 Å². The summed E-state index contributed by atoms with van der Waals surface area (Å²) in [6.45, 7) is 2.58. The van der Waals surface area contributed by atoms with Crippen molar-refractivity contribution in [2.24, 2.45) is 0 Å². The maximum absolute atomic E-state index is 12.4. The van der Waals surface area contributed by atoms with E-state index in [0.717, 1.165) is 20.3 Å². The van der Waals surface area contributed by atoms with E-state index in [1.54, 1.807) is 17.3 Å². The molecule has 0 saturated carbocycles. The number of halogens is 1. The van der Waals surface area contributed by atoms with Gasteiger partial charge in [0.1, 0.15) is 0 Å². The Bertz CT molecular complexity index is 584. The third kappa shape index (κ3) is 3.32. The molecule has 0 spiro atoms. The zero-order valence-corrected chi connectivity index (χ0v) is 13.1. The molecule has 0 atom stereocenters. The molecule has 0 fully saturated rings. The van der Waals surface area contributed by atoms with Gasteiger partial charge in [-0.3, -0.25) is 9.78 Å². The van der Waals surface area contributed by atoms with E-state index in [1.807, 2.05) is 44.3 Å². The number of carbonyl (C=O) groups is 1. The van der Waals surface area contributed by atoms with E-state index in [0.29, 0.717) is 6.54 Å². The summed E-state index contributed by atoms with van der Waals surface area (Å²) in [5.74, 6) is 0.0388. The summed E-state index contributed by atoms with van der Waals surface area (Å²) in [6, 6.07) is 9.65. The van der Waals surface area contributed by atoms with Crippen LogP contribution in [0.25, 0.3) is 0 Å². The average molecular weight is 366 g/mol. The van der Waals surface area contributed by atoms with Crippen molar-refractivity contribution in [3.8, 4) is 0 Å². The fourth-order valence-corrected chi connectivity index (χ4v) is 2.45. The smallest absolute Gasteiger partial charge is 0.254 e. The number of hydrogen-bond acceptors (Lipinski definition) is 2. The fourth-order valence-electron chi connectivity index (χ4n) is 1.86. The summed E-state index contributed by atoms with van der Waals surface area (Å²) < 4.78 is 1.02. The largest absolute Gasteiger partial charge is 0.337 e. The van der Waals surface area contributed by atoms with Crippen molar-refractivity contribution in [2.45, 2.75) is 13.5 Å². The second-order valence-electron chi connectivity index (χ2n) is 4.46. The van der Waals surface area contributed by atoms with E-state index in [4.69, 9.17) is 0 Å². The van der Waals surface area contributed by atoms with Crippen LogP contribution in [0.1, 0.15) is 21.5 Å². The molecule has 1 aromatic carbocycles. The van der Waals surface area contributed by atoms with E-state index < -0.39 is 0 Å². The molecule has 98 valence electrons. The molecular formula is C15H15IN2O. The van der Waals surface area contributed by atoms with Crippen molar-refractivity contribution in [2.75, 3.05) is 7.05 Å². The summed E-state index contributed by atoms with van der Waals surface area (Å²) in [4.78, 5) is 18.2. The number of carbonyl (C=O) groups excluding carboxylic acids is 1. The fraction of sp³-hybridized carbons (Fsp3) is 0.200. The van der Waals surface area contributed by atoms with Gasteiger partial charge in [0.05, 0.1) is 5.56 Å². The van der Waals surface area contributed by atoms with Crippen LogP contribution < -0.4 is 0 Å². The first-order valence-corrected chi connectivity index (χ1v) is 7.07. The molecule has 1 aromatic heterocycles. The predicted molar refractivity (Wildman–Crippen MR) is 83.9 cm³/mol. The highest BCUT2D eigenvalue weighted by atomic mass is 127. The second kappa shape index (κ2) is 6.14. The van der Waals surface area contributed by atoms with Crippen LogP contribution in [-0.4, -0.2) is 22.8 Å². The Morgan fingerprint density at radius 2 is 2.11 bits per heavy atom. The first-order valence-electron chi connectivity index (χ1n) is 5.99. The third-order valence-electron chi connectivity index (χ3n) is 2.91. The lowest BCUT2D eigenvalue weighted by atomic mass is 10.1. The molecule has 1 heterocycles. The van der Waals surface area contributed by atoms with Gasteiger partial charge in [-0.05, 0) is 52.8 Å². The lowest BCUT2D eigenvalue weighted by Crippen LogP contribution is -2.27. The topological polar surface area (TPSA) is 33.2 Å². The molecule has 0 aliphatic heterocycles. The number of amides is 1. The maximum atomic E-state index is 12.4. The van der Waals surface area contributed by atoms with Crippen molar-refractivity contribution < 1.29 is 4.79 Å². The standard InChI is InChI=1S/C15H15IN2O/c1-11-5-3-7-13(14(11)16)15(19)18(2)10-12-6-4-8-17-9-12/h3-9H,10H2,1-2H3. The monoisotopic (exact) mass is 366 g/mol. The molecule has 0 saturated heterocycles. The van der Waals surface area contributed by atoms with Crippen LogP contribution >= 0.6 is 22.6 Å². The molecule has 1 amide bonds. The number of aromatic nitrogens is 1. The minimum atomic E-state index is 0.0388. The molecule has 0 radical (unpaired) electrons. The van der Waals surface area contributed by atoms with E-state index in [2.05, 4.69) is 27.6 Å². The van der Waals surface area contributed by atoms with Gasteiger partial charge in [-0.15, -0.1) is 0 Å². The van der Waals surface area contributed by atoms with Crippen LogP contribution in [0.3, 0.4) is 0 Å². The van der Waals surface area contributed by atoms with Crippen molar-refractivity contribution >= 4 is 28.5 Å². The lowest BCUT2D eigenvalue weighted by molar-refractivity contribution is 0.0784. The SMILES string of the molecule is Cc1cccc(C(=O)N(C)Cc2cccnc2)c1I. The minimum absolute atomic E-state index is 0.0388. The molecule has 0 aliphatic carbocycles. The minimum Gasteiger partial charge on any atom is -0.337 e. The van der Waals surface area contributed by atoms with Crippen LogP contribution in [-0.2, 0) is 6.54 Å². The number of pyridine rings is 1. The number of nitrogens with zero attached hydrogens (tertiary/aromatic N) is 2. The van der Waals surface area contributed by atoms with Crippen LogP contribution in [0.15, 0.2) is 42.7 Å². The van der Waals surface area contributed by atoms with Gasteiger partial charge >= 0.3 is 0 Å². The van der Waals surface area contributed by atoms with Crippen molar-refractivity contribution in [1.29, 1.82) is 0 Å². The Balaban J connectivity index is 2.18. The number of rotatable bonds is 3. The maximum Gasteiger partial charge on any atom is 0.254 e. The van der Waals surface area contributed by atoms with Crippen molar-refractivity contribution in [3.05, 3.63) is 63.0 Å². The Morgan fingerprint density at radius 1 is 1.32 bits per heavy atom. The molecule has 0 aliphatic rings. The van der Waals surface area contributed by atoms with E-state index in [-0.39, 0.29) is 5.91 Å². The van der Waals surface area contributed by atoms with Crippen LogP contribution in [0.5, 0.6) is 0 Å². The average Bonchev–Trinajstić information content (AvgIpc) is 2.42. The lowest BCUT2D eigenvalue weighted by Gasteiger charge is -2.18. The van der Waals surface area contributed by atoms with E-state index >= 15 is 0 Å². The summed E-state index contributed by atoms with van der Waals surface area (Å²) in [5, 5.41) is 0. The normalized spacial score (nSPS) is 10.3. The highest BCUT2D eigenvalue weighted by Crippen LogP contribution is 2.18. The third-order valence-corrected chi connectivity index (χ3v) is 4.34. The van der Waals surface area contributed by atoms with E-state index in [1.165, 1.54) is 0 Å². The van der Waals surface area contributed by atoms with Gasteiger partial charge in [-0.25, -0.2) is 0 Å². The molecule has 4 heteroatoms. The Kier molecular flexibility index (Phi) is 4.52. The molecule has 3 nitrogen and oxygen atoms in total. The Morgan fingerprint density at radius 3 is 2.79 bits per heavy atom. The van der Waals surface area contributed by atoms with Gasteiger partial charge in [0.2, 0.25) is 0 Å². The Hall–Kier alpha value is -1.43. The van der Waals surface area contributed by atoms with Crippen LogP contribution in [0, 0.1) is 10.5 Å². The second-order valence-corrected chi connectivity index (χ2v) is 5.54. The number of aryl methyl sites for hydroxylation is 1. The molecule has 19 heavy (non-hydrogen) atoms. The summed E-state index contributed by atoms with van der Waals surface area (Å²) >= 11 is 2.22. The molecule has 0 N–H and O–H groups in total. The van der Waals surface area contributed by atoms with Gasteiger partial charge < -0.3 is 4.90 Å². The first kappa shape index (κ1) is 14.0. The van der Waals surface area contributed by atoms with Crippen molar-refractivity contribution in [1.82, 2.24) is 9.88 Å². The molecule has 2 rings (SSSR count).